The number of piperazine rings is 1. The number of hydrogen-bond acceptors (Lipinski definition) is 3. The molecule has 2 aliphatic heterocycles. The molecule has 2 saturated heterocycles. The fourth-order valence-corrected chi connectivity index (χ4v) is 7.33. The molecule has 0 unspecified atom stereocenters. The molecule has 6 aliphatic rings. The summed E-state index contributed by atoms with van der Waals surface area (Å²) in [5, 5.41) is 2.90. The highest BCUT2D eigenvalue weighted by molar-refractivity contribution is 5.84. The van der Waals surface area contributed by atoms with Crippen LogP contribution in [0, 0.1) is 23.2 Å². The summed E-state index contributed by atoms with van der Waals surface area (Å²) in [6.07, 6.45) is 9.89. The summed E-state index contributed by atoms with van der Waals surface area (Å²) in [6.45, 7) is 4.55. The van der Waals surface area contributed by atoms with Gasteiger partial charge in [0.2, 0.25) is 11.8 Å². The molecule has 2 heterocycles. The molecule has 4 aliphatic carbocycles. The maximum absolute atomic E-state index is 13.5. The Balaban J connectivity index is 1.07. The van der Waals surface area contributed by atoms with Gasteiger partial charge in [0.25, 0.3) is 0 Å². The topological polar surface area (TPSA) is 73.0 Å². The first-order valence-corrected chi connectivity index (χ1v) is 12.1. The van der Waals surface area contributed by atoms with E-state index in [1.54, 1.807) is 4.90 Å². The lowest BCUT2D eigenvalue weighted by Gasteiger charge is -2.57. The van der Waals surface area contributed by atoms with Gasteiger partial charge >= 0.3 is 6.03 Å². The Morgan fingerprint density at radius 1 is 0.733 bits per heavy atom. The van der Waals surface area contributed by atoms with Gasteiger partial charge in [0.05, 0.1) is 5.41 Å². The maximum atomic E-state index is 13.5. The number of urea groups is 1. The zero-order chi connectivity index (χ0) is 20.7. The summed E-state index contributed by atoms with van der Waals surface area (Å²) in [5.74, 6) is 2.83. The smallest absolute Gasteiger partial charge is 0.317 e. The molecule has 166 valence electrons. The Morgan fingerprint density at radius 3 is 1.83 bits per heavy atom. The van der Waals surface area contributed by atoms with Gasteiger partial charge in [-0.15, -0.1) is 0 Å². The number of hydrogen-bond donors (Lipinski definition) is 1. The average molecular weight is 417 g/mol. The second kappa shape index (κ2) is 8.04. The molecule has 30 heavy (non-hydrogen) atoms. The molecule has 6 rings (SSSR count). The van der Waals surface area contributed by atoms with Gasteiger partial charge in [0.1, 0.15) is 0 Å². The molecule has 0 atom stereocenters. The van der Waals surface area contributed by atoms with E-state index in [0.717, 1.165) is 62.9 Å². The Kier molecular flexibility index (Phi) is 5.40. The fourth-order valence-electron chi connectivity index (χ4n) is 7.33. The third kappa shape index (κ3) is 3.80. The highest BCUT2D eigenvalue weighted by atomic mass is 16.2. The number of nitrogens with one attached hydrogen (secondary N) is 1. The van der Waals surface area contributed by atoms with Crippen LogP contribution in [0.4, 0.5) is 4.79 Å². The molecule has 0 aromatic rings. The van der Waals surface area contributed by atoms with Crippen LogP contribution in [0.5, 0.6) is 0 Å². The Morgan fingerprint density at radius 2 is 1.27 bits per heavy atom. The summed E-state index contributed by atoms with van der Waals surface area (Å²) in [7, 11) is 0. The van der Waals surface area contributed by atoms with Gasteiger partial charge in [-0.1, -0.05) is 0 Å². The normalized spacial score (nSPS) is 35.1. The molecule has 4 amide bonds. The molecule has 0 spiro atoms. The SMILES string of the molecule is O=C(CCNC(=O)N1CCN(C(=O)C23CC4CC(CC(C4)C2)C3)CC1)N1CCCC1. The Labute approximate surface area is 179 Å². The van der Waals surface area contributed by atoms with Crippen LogP contribution in [0.3, 0.4) is 0 Å². The van der Waals surface area contributed by atoms with Crippen LogP contribution in [0.1, 0.15) is 57.8 Å². The number of amides is 4. The molecule has 0 aromatic heterocycles. The van der Waals surface area contributed by atoms with Gasteiger partial charge in [-0.05, 0) is 69.1 Å². The molecule has 0 aromatic carbocycles. The van der Waals surface area contributed by atoms with Crippen molar-refractivity contribution in [1.29, 1.82) is 0 Å². The van der Waals surface area contributed by atoms with Crippen molar-refractivity contribution in [3.05, 3.63) is 0 Å². The Bertz CT molecular complexity index is 659. The van der Waals surface area contributed by atoms with E-state index >= 15 is 0 Å². The number of nitrogens with zero attached hydrogens (tertiary/aromatic N) is 3. The van der Waals surface area contributed by atoms with E-state index in [1.807, 2.05) is 9.80 Å². The van der Waals surface area contributed by atoms with Gasteiger partial charge in [0.15, 0.2) is 0 Å². The standard InChI is InChI=1S/C23H36N4O3/c28-20(25-5-1-2-6-25)3-4-24-22(30)27-9-7-26(8-10-27)21(29)23-14-17-11-18(15-23)13-19(12-17)16-23/h17-19H,1-16H2,(H,24,30). The van der Waals surface area contributed by atoms with Crippen molar-refractivity contribution in [2.45, 2.75) is 57.8 Å². The summed E-state index contributed by atoms with van der Waals surface area (Å²) >= 11 is 0. The van der Waals surface area contributed by atoms with Crippen molar-refractivity contribution in [2.24, 2.45) is 23.2 Å². The number of rotatable bonds is 4. The summed E-state index contributed by atoms with van der Waals surface area (Å²) < 4.78 is 0. The van der Waals surface area contributed by atoms with Crippen LogP contribution in [0.25, 0.3) is 0 Å². The minimum Gasteiger partial charge on any atom is -0.343 e. The van der Waals surface area contributed by atoms with E-state index < -0.39 is 0 Å². The second-order valence-corrected chi connectivity index (χ2v) is 10.5. The molecule has 0 radical (unpaired) electrons. The third-order valence-corrected chi connectivity index (χ3v) is 8.42. The summed E-state index contributed by atoms with van der Waals surface area (Å²) in [5.41, 5.74) is -0.0882. The predicted molar refractivity (Wildman–Crippen MR) is 113 cm³/mol. The van der Waals surface area contributed by atoms with Crippen molar-refractivity contribution in [3.63, 3.8) is 0 Å². The van der Waals surface area contributed by atoms with Gasteiger partial charge < -0.3 is 20.0 Å². The van der Waals surface area contributed by atoms with Gasteiger partial charge in [-0.25, -0.2) is 4.79 Å². The Hall–Kier alpha value is -1.79. The van der Waals surface area contributed by atoms with E-state index in [4.69, 9.17) is 0 Å². The van der Waals surface area contributed by atoms with Crippen molar-refractivity contribution in [1.82, 2.24) is 20.0 Å². The molecule has 4 bridgehead atoms. The fraction of sp³-hybridized carbons (Fsp3) is 0.870. The summed E-state index contributed by atoms with van der Waals surface area (Å²) in [6, 6.07) is -0.105. The van der Waals surface area contributed by atoms with Crippen LogP contribution in [-0.2, 0) is 9.59 Å². The first-order chi connectivity index (χ1) is 14.5. The zero-order valence-electron chi connectivity index (χ0n) is 18.1. The van der Waals surface area contributed by atoms with Gasteiger partial charge in [-0.3, -0.25) is 9.59 Å². The van der Waals surface area contributed by atoms with E-state index in [2.05, 4.69) is 5.32 Å². The lowest BCUT2D eigenvalue weighted by molar-refractivity contribution is -0.159. The molecular weight excluding hydrogens is 380 g/mol. The first kappa shape index (κ1) is 20.1. The highest BCUT2D eigenvalue weighted by Gasteiger charge is 2.55. The first-order valence-electron chi connectivity index (χ1n) is 12.1. The van der Waals surface area contributed by atoms with E-state index in [0.29, 0.717) is 45.1 Å². The molecule has 4 saturated carbocycles. The lowest BCUT2D eigenvalue weighted by Crippen LogP contribution is -2.59. The largest absolute Gasteiger partial charge is 0.343 e. The van der Waals surface area contributed by atoms with Crippen LogP contribution in [0.2, 0.25) is 0 Å². The van der Waals surface area contributed by atoms with E-state index in [9.17, 15) is 14.4 Å². The van der Waals surface area contributed by atoms with E-state index in [-0.39, 0.29) is 17.4 Å². The highest BCUT2D eigenvalue weighted by Crippen LogP contribution is 2.60. The van der Waals surface area contributed by atoms with Gasteiger partial charge in [0, 0.05) is 52.2 Å². The minimum atomic E-state index is -0.105. The quantitative estimate of drug-likeness (QED) is 0.763. The lowest BCUT2D eigenvalue weighted by atomic mass is 9.49. The van der Waals surface area contributed by atoms with Crippen LogP contribution in [0.15, 0.2) is 0 Å². The molecule has 6 fully saturated rings. The minimum absolute atomic E-state index is 0.0882. The molecule has 7 heteroatoms. The summed E-state index contributed by atoms with van der Waals surface area (Å²) in [4.78, 5) is 43.8. The molecular formula is C23H36N4O3. The predicted octanol–water partition coefficient (Wildman–Crippen LogP) is 2.07. The van der Waals surface area contributed by atoms with Crippen LogP contribution < -0.4 is 5.32 Å². The van der Waals surface area contributed by atoms with E-state index in [1.165, 1.54) is 19.3 Å². The average Bonchev–Trinajstić information content (AvgIpc) is 3.27. The molecule has 1 N–H and O–H groups in total. The number of carbonyl (C=O) groups excluding carboxylic acids is 3. The maximum Gasteiger partial charge on any atom is 0.317 e. The monoisotopic (exact) mass is 416 g/mol. The van der Waals surface area contributed by atoms with Crippen molar-refractivity contribution in [3.8, 4) is 0 Å². The van der Waals surface area contributed by atoms with Crippen molar-refractivity contribution >= 4 is 17.8 Å². The molecule has 7 nitrogen and oxygen atoms in total. The zero-order valence-corrected chi connectivity index (χ0v) is 18.1. The number of likely N-dealkylation sites (tertiary alicyclic amines) is 1. The third-order valence-electron chi connectivity index (χ3n) is 8.42. The number of carbonyl (C=O) groups is 3. The van der Waals surface area contributed by atoms with Crippen molar-refractivity contribution < 1.29 is 14.4 Å². The van der Waals surface area contributed by atoms with Crippen molar-refractivity contribution in [2.75, 3.05) is 45.8 Å². The van der Waals surface area contributed by atoms with Crippen LogP contribution in [-0.4, -0.2) is 78.4 Å². The van der Waals surface area contributed by atoms with Gasteiger partial charge in [-0.2, -0.15) is 0 Å². The van der Waals surface area contributed by atoms with Crippen LogP contribution >= 0.6 is 0 Å². The second-order valence-electron chi connectivity index (χ2n) is 10.5.